The Balaban J connectivity index is 1.59. The Kier molecular flexibility index (Phi) is 8.27. The van der Waals surface area contributed by atoms with Crippen molar-refractivity contribution < 1.29 is 14.4 Å². The molecule has 2 aromatic carbocycles. The van der Waals surface area contributed by atoms with Gasteiger partial charge in [0.15, 0.2) is 17.5 Å². The zero-order valence-corrected chi connectivity index (χ0v) is 18.9. The second-order valence-corrected chi connectivity index (χ2v) is 7.55. The third-order valence-electron chi connectivity index (χ3n) is 5.39. The molecule has 0 atom stereocenters. The van der Waals surface area contributed by atoms with Crippen LogP contribution in [-0.4, -0.2) is 67.6 Å². The van der Waals surface area contributed by atoms with Crippen LogP contribution in [0.4, 0.5) is 5.69 Å². The summed E-state index contributed by atoms with van der Waals surface area (Å²) in [5.41, 5.74) is 2.09. The number of nitro groups is 1. The van der Waals surface area contributed by atoms with Gasteiger partial charge in [-0.05, 0) is 30.2 Å². The van der Waals surface area contributed by atoms with E-state index >= 15 is 0 Å². The smallest absolute Gasteiger partial charge is 0.269 e. The average molecular weight is 442 g/mol. The van der Waals surface area contributed by atoms with E-state index in [0.717, 1.165) is 62.3 Å². The van der Waals surface area contributed by atoms with E-state index in [0.29, 0.717) is 6.54 Å². The van der Waals surface area contributed by atoms with Crippen molar-refractivity contribution in [3.8, 4) is 11.5 Å². The lowest BCUT2D eigenvalue weighted by molar-refractivity contribution is -0.384. The average Bonchev–Trinajstić information content (AvgIpc) is 2.82. The molecule has 0 aliphatic carbocycles. The number of non-ortho nitro benzene ring substituents is 1. The summed E-state index contributed by atoms with van der Waals surface area (Å²) in [5, 5.41) is 14.3. The molecule has 0 radical (unpaired) electrons. The van der Waals surface area contributed by atoms with Crippen molar-refractivity contribution in [2.75, 3.05) is 46.9 Å². The minimum atomic E-state index is -0.379. The van der Waals surface area contributed by atoms with E-state index in [9.17, 15) is 10.1 Å². The second kappa shape index (κ2) is 11.3. The van der Waals surface area contributed by atoms with E-state index < -0.39 is 0 Å². The monoisotopic (exact) mass is 441 g/mol. The highest BCUT2D eigenvalue weighted by molar-refractivity contribution is 5.80. The predicted molar refractivity (Wildman–Crippen MR) is 124 cm³/mol. The van der Waals surface area contributed by atoms with Crippen LogP contribution in [0, 0.1) is 10.1 Å². The van der Waals surface area contributed by atoms with Crippen LogP contribution in [0.3, 0.4) is 0 Å². The number of nitrogens with one attached hydrogen (secondary N) is 1. The molecule has 1 aliphatic rings. The predicted octanol–water partition coefficient (Wildman–Crippen LogP) is 2.90. The number of rotatable bonds is 8. The lowest BCUT2D eigenvalue weighted by Crippen LogP contribution is -2.52. The summed E-state index contributed by atoms with van der Waals surface area (Å²) in [6.07, 6.45) is 0. The molecule has 0 spiro atoms. The molecule has 1 saturated heterocycles. The van der Waals surface area contributed by atoms with Crippen molar-refractivity contribution in [2.24, 2.45) is 4.99 Å². The summed E-state index contributed by atoms with van der Waals surface area (Å²) in [5.74, 6) is 2.31. The highest BCUT2D eigenvalue weighted by Crippen LogP contribution is 2.28. The molecule has 1 fully saturated rings. The van der Waals surface area contributed by atoms with E-state index in [1.165, 1.54) is 11.6 Å². The second-order valence-electron chi connectivity index (χ2n) is 7.55. The van der Waals surface area contributed by atoms with Crippen LogP contribution >= 0.6 is 0 Å². The lowest BCUT2D eigenvalue weighted by atomic mass is 10.1. The van der Waals surface area contributed by atoms with Crippen LogP contribution in [0.5, 0.6) is 11.5 Å². The van der Waals surface area contributed by atoms with Crippen LogP contribution in [0.1, 0.15) is 18.1 Å². The molecular weight excluding hydrogens is 410 g/mol. The van der Waals surface area contributed by atoms with Gasteiger partial charge in [0, 0.05) is 51.4 Å². The molecule has 172 valence electrons. The quantitative estimate of drug-likeness (QED) is 0.291. The van der Waals surface area contributed by atoms with Gasteiger partial charge in [0.1, 0.15) is 0 Å². The first-order valence-corrected chi connectivity index (χ1v) is 10.7. The van der Waals surface area contributed by atoms with E-state index in [-0.39, 0.29) is 10.6 Å². The van der Waals surface area contributed by atoms with Crippen LogP contribution < -0.4 is 14.8 Å². The fourth-order valence-electron chi connectivity index (χ4n) is 3.72. The fourth-order valence-corrected chi connectivity index (χ4v) is 3.72. The van der Waals surface area contributed by atoms with Crippen LogP contribution in [-0.2, 0) is 13.1 Å². The molecule has 0 amide bonds. The van der Waals surface area contributed by atoms with Gasteiger partial charge in [-0.1, -0.05) is 18.2 Å². The van der Waals surface area contributed by atoms with E-state index in [1.54, 1.807) is 26.4 Å². The number of nitrogens with zero attached hydrogens (tertiary/aromatic N) is 4. The first-order valence-electron chi connectivity index (χ1n) is 10.7. The fraction of sp³-hybridized carbons (Fsp3) is 0.435. The van der Waals surface area contributed by atoms with Crippen molar-refractivity contribution in [1.29, 1.82) is 0 Å². The van der Waals surface area contributed by atoms with Gasteiger partial charge in [0.05, 0.1) is 25.7 Å². The number of guanidine groups is 1. The molecule has 1 heterocycles. The number of methoxy groups -OCH3 is 2. The Morgan fingerprint density at radius 2 is 1.81 bits per heavy atom. The summed E-state index contributed by atoms with van der Waals surface area (Å²) in [4.78, 5) is 20.0. The normalized spacial score (nSPS) is 14.8. The van der Waals surface area contributed by atoms with Crippen LogP contribution in [0.15, 0.2) is 47.5 Å². The lowest BCUT2D eigenvalue weighted by Gasteiger charge is -2.36. The maximum absolute atomic E-state index is 11.0. The summed E-state index contributed by atoms with van der Waals surface area (Å²) in [6.45, 7) is 7.58. The minimum Gasteiger partial charge on any atom is -0.493 e. The molecule has 3 rings (SSSR count). The molecule has 0 saturated carbocycles. The third-order valence-corrected chi connectivity index (χ3v) is 5.39. The molecule has 9 nitrogen and oxygen atoms in total. The molecule has 1 aliphatic heterocycles. The van der Waals surface area contributed by atoms with Gasteiger partial charge in [-0.3, -0.25) is 15.0 Å². The van der Waals surface area contributed by atoms with Gasteiger partial charge in [-0.2, -0.15) is 0 Å². The number of ether oxygens (including phenoxy) is 2. The number of hydrogen-bond acceptors (Lipinski definition) is 6. The zero-order chi connectivity index (χ0) is 22.9. The van der Waals surface area contributed by atoms with Gasteiger partial charge in [-0.15, -0.1) is 0 Å². The zero-order valence-electron chi connectivity index (χ0n) is 18.9. The highest BCUT2D eigenvalue weighted by atomic mass is 16.6. The Hall–Kier alpha value is -3.33. The Morgan fingerprint density at radius 1 is 1.06 bits per heavy atom. The molecule has 0 aromatic heterocycles. The maximum atomic E-state index is 11.0. The van der Waals surface area contributed by atoms with Crippen molar-refractivity contribution in [3.05, 3.63) is 63.7 Å². The Bertz CT molecular complexity index is 942. The first-order chi connectivity index (χ1) is 15.5. The van der Waals surface area contributed by atoms with Crippen molar-refractivity contribution in [2.45, 2.75) is 20.0 Å². The van der Waals surface area contributed by atoms with Crippen molar-refractivity contribution >= 4 is 11.6 Å². The van der Waals surface area contributed by atoms with Gasteiger partial charge in [-0.25, -0.2) is 4.99 Å². The third kappa shape index (κ3) is 6.10. The summed E-state index contributed by atoms with van der Waals surface area (Å²) < 4.78 is 10.7. The van der Waals surface area contributed by atoms with Gasteiger partial charge >= 0.3 is 0 Å². The minimum absolute atomic E-state index is 0.0893. The number of aliphatic imine (C=N–C) groups is 1. The highest BCUT2D eigenvalue weighted by Gasteiger charge is 2.20. The summed E-state index contributed by atoms with van der Waals surface area (Å²) in [7, 11) is 3.29. The SMILES string of the molecule is CCNC(=NCc1cccc([N+](=O)[O-])c1)N1CCN(Cc2ccc(OC)c(OC)c2)CC1. The Labute approximate surface area is 188 Å². The molecular formula is C23H31N5O4. The van der Waals surface area contributed by atoms with Crippen LogP contribution in [0.2, 0.25) is 0 Å². The number of piperazine rings is 1. The molecule has 1 N–H and O–H groups in total. The Morgan fingerprint density at radius 3 is 2.47 bits per heavy atom. The molecule has 0 bridgehead atoms. The van der Waals surface area contributed by atoms with Gasteiger partial charge < -0.3 is 19.7 Å². The topological polar surface area (TPSA) is 92.5 Å². The van der Waals surface area contributed by atoms with Crippen molar-refractivity contribution in [1.82, 2.24) is 15.1 Å². The maximum Gasteiger partial charge on any atom is 0.269 e. The summed E-state index contributed by atoms with van der Waals surface area (Å²) >= 11 is 0. The largest absolute Gasteiger partial charge is 0.493 e. The number of benzene rings is 2. The number of nitro benzene ring substituents is 1. The van der Waals surface area contributed by atoms with Crippen molar-refractivity contribution in [3.63, 3.8) is 0 Å². The molecule has 32 heavy (non-hydrogen) atoms. The van der Waals surface area contributed by atoms with E-state index in [2.05, 4.69) is 21.2 Å². The molecule has 9 heteroatoms. The first kappa shape index (κ1) is 23.3. The van der Waals surface area contributed by atoms with Gasteiger partial charge in [0.25, 0.3) is 5.69 Å². The molecule has 2 aromatic rings. The van der Waals surface area contributed by atoms with Crippen LogP contribution in [0.25, 0.3) is 0 Å². The summed E-state index contributed by atoms with van der Waals surface area (Å²) in [6, 6.07) is 12.7. The standard InChI is InChI=1S/C23H31N5O4/c1-4-24-23(25-16-18-6-5-7-20(14-18)28(29)30)27-12-10-26(11-13-27)17-19-8-9-21(31-2)22(15-19)32-3/h5-9,14-15H,4,10-13,16-17H2,1-3H3,(H,24,25). The van der Waals surface area contributed by atoms with Gasteiger partial charge in [0.2, 0.25) is 0 Å². The van der Waals surface area contributed by atoms with E-state index in [4.69, 9.17) is 14.5 Å². The number of hydrogen-bond donors (Lipinski definition) is 1. The van der Waals surface area contributed by atoms with E-state index in [1.807, 2.05) is 25.1 Å². The molecule has 0 unspecified atom stereocenters.